The molecule has 0 bridgehead atoms. The Morgan fingerprint density at radius 2 is 2.22 bits per heavy atom. The number of alkyl halides is 1. The fourth-order valence-electron chi connectivity index (χ4n) is 1.75. The maximum absolute atomic E-state index is 5.81. The zero-order valence-corrected chi connectivity index (χ0v) is 11.9. The number of nitrogens with zero attached hydrogens (tertiary/aromatic N) is 2. The topological polar surface area (TPSA) is 26.5 Å². The standard InChI is InChI=1S/C13H11BrN2OS/c14-7-10-3-1-2-4-12(10)17-9-11-8-16-5-6-18-13(16)15-11/h1-6,8H,7,9H2. The fourth-order valence-corrected chi connectivity index (χ4v) is 2.93. The zero-order valence-electron chi connectivity index (χ0n) is 9.54. The first-order valence-corrected chi connectivity index (χ1v) is 7.54. The van der Waals surface area contributed by atoms with Crippen molar-refractivity contribution in [3.63, 3.8) is 0 Å². The third-order valence-corrected chi connectivity index (χ3v) is 4.01. The highest BCUT2D eigenvalue weighted by molar-refractivity contribution is 9.08. The van der Waals surface area contributed by atoms with Gasteiger partial charge in [-0.3, -0.25) is 4.40 Å². The molecular formula is C13H11BrN2OS. The predicted octanol–water partition coefficient (Wildman–Crippen LogP) is 3.87. The summed E-state index contributed by atoms with van der Waals surface area (Å²) in [5, 5.41) is 2.81. The Hall–Kier alpha value is -1.33. The van der Waals surface area contributed by atoms with Crippen LogP contribution in [0.1, 0.15) is 11.3 Å². The molecule has 92 valence electrons. The number of imidazole rings is 1. The van der Waals surface area contributed by atoms with E-state index in [-0.39, 0.29) is 0 Å². The lowest BCUT2D eigenvalue weighted by Crippen LogP contribution is -1.97. The first kappa shape index (κ1) is 11.7. The summed E-state index contributed by atoms with van der Waals surface area (Å²) < 4.78 is 7.83. The maximum Gasteiger partial charge on any atom is 0.193 e. The van der Waals surface area contributed by atoms with Gasteiger partial charge in [0, 0.05) is 28.7 Å². The van der Waals surface area contributed by atoms with Crippen LogP contribution in [0.2, 0.25) is 0 Å². The molecule has 5 heteroatoms. The molecule has 3 rings (SSSR count). The number of ether oxygens (including phenoxy) is 1. The van der Waals surface area contributed by atoms with Gasteiger partial charge in [-0.05, 0) is 6.07 Å². The Balaban J connectivity index is 1.76. The molecular weight excluding hydrogens is 312 g/mol. The van der Waals surface area contributed by atoms with Crippen LogP contribution in [0.3, 0.4) is 0 Å². The van der Waals surface area contributed by atoms with Crippen molar-refractivity contribution in [2.75, 3.05) is 0 Å². The van der Waals surface area contributed by atoms with Crippen LogP contribution >= 0.6 is 27.3 Å². The summed E-state index contributed by atoms with van der Waals surface area (Å²) in [5.41, 5.74) is 2.10. The molecule has 0 aliphatic heterocycles. The Bertz CT molecular complexity index is 633. The average molecular weight is 323 g/mol. The highest BCUT2D eigenvalue weighted by Crippen LogP contribution is 2.21. The SMILES string of the molecule is BrCc1ccccc1OCc1cn2ccsc2n1. The second kappa shape index (κ2) is 5.12. The molecule has 0 aliphatic carbocycles. The highest BCUT2D eigenvalue weighted by atomic mass is 79.9. The van der Waals surface area contributed by atoms with Gasteiger partial charge in [0.05, 0.1) is 5.69 Å². The van der Waals surface area contributed by atoms with Crippen molar-refractivity contribution in [2.24, 2.45) is 0 Å². The smallest absolute Gasteiger partial charge is 0.193 e. The Morgan fingerprint density at radius 3 is 3.06 bits per heavy atom. The summed E-state index contributed by atoms with van der Waals surface area (Å²) in [6, 6.07) is 8.02. The summed E-state index contributed by atoms with van der Waals surface area (Å²) >= 11 is 5.08. The van der Waals surface area contributed by atoms with Gasteiger partial charge in [-0.15, -0.1) is 11.3 Å². The lowest BCUT2D eigenvalue weighted by molar-refractivity contribution is 0.300. The number of benzene rings is 1. The Kier molecular flexibility index (Phi) is 3.34. The van der Waals surface area contributed by atoms with Crippen LogP contribution in [0.5, 0.6) is 5.75 Å². The van der Waals surface area contributed by atoms with E-state index in [1.807, 2.05) is 40.4 Å². The second-order valence-corrected chi connectivity index (χ2v) is 5.29. The van der Waals surface area contributed by atoms with E-state index in [9.17, 15) is 0 Å². The lowest BCUT2D eigenvalue weighted by Gasteiger charge is -2.07. The number of rotatable bonds is 4. The highest BCUT2D eigenvalue weighted by Gasteiger charge is 2.05. The van der Waals surface area contributed by atoms with Crippen LogP contribution in [-0.2, 0) is 11.9 Å². The van der Waals surface area contributed by atoms with Gasteiger partial charge in [0.25, 0.3) is 0 Å². The second-order valence-electron chi connectivity index (χ2n) is 3.86. The molecule has 18 heavy (non-hydrogen) atoms. The Morgan fingerprint density at radius 1 is 1.33 bits per heavy atom. The van der Waals surface area contributed by atoms with Crippen LogP contribution in [0.4, 0.5) is 0 Å². The summed E-state index contributed by atoms with van der Waals surface area (Å²) in [5.74, 6) is 0.908. The molecule has 0 amide bonds. The number of fused-ring (bicyclic) bond motifs is 1. The minimum atomic E-state index is 0.498. The molecule has 0 fully saturated rings. The molecule has 1 aromatic carbocycles. The number of hydrogen-bond acceptors (Lipinski definition) is 3. The van der Waals surface area contributed by atoms with Gasteiger partial charge in [-0.2, -0.15) is 0 Å². The molecule has 3 nitrogen and oxygen atoms in total. The van der Waals surface area contributed by atoms with Crippen molar-refractivity contribution in [3.8, 4) is 5.75 Å². The van der Waals surface area contributed by atoms with Crippen molar-refractivity contribution in [3.05, 3.63) is 53.3 Å². The van der Waals surface area contributed by atoms with Crippen LogP contribution < -0.4 is 4.74 Å². The molecule has 0 N–H and O–H groups in total. The maximum atomic E-state index is 5.81. The quantitative estimate of drug-likeness (QED) is 0.682. The summed E-state index contributed by atoms with van der Waals surface area (Å²) in [4.78, 5) is 5.49. The largest absolute Gasteiger partial charge is 0.487 e. The zero-order chi connectivity index (χ0) is 12.4. The predicted molar refractivity (Wildman–Crippen MR) is 76.5 cm³/mol. The van der Waals surface area contributed by atoms with Gasteiger partial charge >= 0.3 is 0 Å². The minimum Gasteiger partial charge on any atom is -0.487 e. The number of hydrogen-bond donors (Lipinski definition) is 0. The Labute approximate surface area is 117 Å². The molecule has 0 atom stereocenters. The summed E-state index contributed by atoms with van der Waals surface area (Å²) in [7, 11) is 0. The molecule has 0 radical (unpaired) electrons. The van der Waals surface area contributed by atoms with Gasteiger partial charge in [0.2, 0.25) is 0 Å². The monoisotopic (exact) mass is 322 g/mol. The van der Waals surface area contributed by atoms with E-state index >= 15 is 0 Å². The third kappa shape index (κ3) is 2.28. The van der Waals surface area contributed by atoms with Gasteiger partial charge in [0.15, 0.2) is 4.96 Å². The summed E-state index contributed by atoms with van der Waals surface area (Å²) in [6.45, 7) is 0.498. The first-order chi connectivity index (χ1) is 8.86. The van der Waals surface area contributed by atoms with Crippen molar-refractivity contribution < 1.29 is 4.74 Å². The van der Waals surface area contributed by atoms with Crippen molar-refractivity contribution in [1.29, 1.82) is 0 Å². The van der Waals surface area contributed by atoms with Crippen molar-refractivity contribution in [1.82, 2.24) is 9.38 Å². The van der Waals surface area contributed by atoms with E-state index in [1.165, 1.54) is 0 Å². The van der Waals surface area contributed by atoms with Crippen molar-refractivity contribution >= 4 is 32.2 Å². The number of thiazole rings is 1. The van der Waals surface area contributed by atoms with E-state index in [4.69, 9.17) is 4.74 Å². The number of aromatic nitrogens is 2. The van der Waals surface area contributed by atoms with E-state index in [0.717, 1.165) is 27.3 Å². The molecule has 0 unspecified atom stereocenters. The molecule has 2 aromatic heterocycles. The third-order valence-electron chi connectivity index (χ3n) is 2.64. The van der Waals surface area contributed by atoms with Gasteiger partial charge in [-0.25, -0.2) is 4.98 Å². The van der Waals surface area contributed by atoms with E-state index in [2.05, 4.69) is 27.0 Å². The molecule has 3 aromatic rings. The van der Waals surface area contributed by atoms with E-state index in [0.29, 0.717) is 6.61 Å². The summed E-state index contributed by atoms with van der Waals surface area (Å²) in [6.07, 6.45) is 4.01. The van der Waals surface area contributed by atoms with E-state index < -0.39 is 0 Å². The number of para-hydroxylation sites is 1. The number of halogens is 1. The van der Waals surface area contributed by atoms with Crippen molar-refractivity contribution in [2.45, 2.75) is 11.9 Å². The molecule has 0 saturated carbocycles. The lowest BCUT2D eigenvalue weighted by atomic mass is 10.2. The van der Waals surface area contributed by atoms with Crippen LogP contribution in [0.25, 0.3) is 4.96 Å². The molecule has 0 saturated heterocycles. The van der Waals surface area contributed by atoms with Gasteiger partial charge < -0.3 is 4.74 Å². The van der Waals surface area contributed by atoms with Crippen LogP contribution in [0, 0.1) is 0 Å². The van der Waals surface area contributed by atoms with Crippen LogP contribution in [-0.4, -0.2) is 9.38 Å². The van der Waals surface area contributed by atoms with Crippen LogP contribution in [0.15, 0.2) is 42.0 Å². The van der Waals surface area contributed by atoms with E-state index in [1.54, 1.807) is 11.3 Å². The molecule has 0 spiro atoms. The average Bonchev–Trinajstić information content (AvgIpc) is 2.97. The fraction of sp³-hybridized carbons (Fsp3) is 0.154. The van der Waals surface area contributed by atoms with Gasteiger partial charge in [0.1, 0.15) is 12.4 Å². The normalized spacial score (nSPS) is 10.9. The van der Waals surface area contributed by atoms with Gasteiger partial charge in [-0.1, -0.05) is 34.1 Å². The minimum absolute atomic E-state index is 0.498. The molecule has 2 heterocycles. The molecule has 0 aliphatic rings. The first-order valence-electron chi connectivity index (χ1n) is 5.54.